The van der Waals surface area contributed by atoms with Gasteiger partial charge in [0.25, 0.3) is 0 Å². The van der Waals surface area contributed by atoms with Crippen molar-refractivity contribution in [3.05, 3.63) is 72.3 Å². The van der Waals surface area contributed by atoms with Crippen molar-refractivity contribution in [2.75, 3.05) is 20.0 Å². The summed E-state index contributed by atoms with van der Waals surface area (Å²) in [6.45, 7) is 4.22. The number of ether oxygens (including phenoxy) is 2. The maximum Gasteiger partial charge on any atom is 0.215 e. The molecule has 0 aliphatic carbocycles. The molecule has 6 heteroatoms. The van der Waals surface area contributed by atoms with Crippen molar-refractivity contribution in [3.8, 4) is 11.5 Å². The quantitative estimate of drug-likeness (QED) is 0.595. The molecule has 26 heavy (non-hydrogen) atoms. The van der Waals surface area contributed by atoms with Crippen LogP contribution in [0.4, 0.5) is 0 Å². The third kappa shape index (κ3) is 5.61. The van der Waals surface area contributed by atoms with Crippen LogP contribution in [0.15, 0.2) is 61.2 Å². The van der Waals surface area contributed by atoms with Gasteiger partial charge in [-0.2, -0.15) is 4.31 Å². The van der Waals surface area contributed by atoms with Crippen LogP contribution in [0.1, 0.15) is 17.5 Å². The zero-order valence-electron chi connectivity index (χ0n) is 15.2. The molecule has 0 bridgehead atoms. The molecule has 2 aromatic rings. The second kappa shape index (κ2) is 9.40. The SMILES string of the molecule is C=CCCS(=O)(=O)N(Cc1ccc(OC)cc1)Cc1ccc(OC)cc1. The van der Waals surface area contributed by atoms with E-state index in [9.17, 15) is 8.42 Å². The van der Waals surface area contributed by atoms with Gasteiger partial charge >= 0.3 is 0 Å². The predicted molar refractivity (Wildman–Crippen MR) is 104 cm³/mol. The topological polar surface area (TPSA) is 55.8 Å². The molecular weight excluding hydrogens is 350 g/mol. The van der Waals surface area contributed by atoms with Crippen LogP contribution in [0, 0.1) is 0 Å². The summed E-state index contributed by atoms with van der Waals surface area (Å²) in [7, 11) is -0.209. The molecule has 0 N–H and O–H groups in total. The zero-order chi connectivity index (χ0) is 19.0. The van der Waals surface area contributed by atoms with Crippen LogP contribution in [0.2, 0.25) is 0 Å². The maximum absolute atomic E-state index is 12.8. The summed E-state index contributed by atoms with van der Waals surface area (Å²) in [5, 5.41) is 0. The summed E-state index contributed by atoms with van der Waals surface area (Å²) < 4.78 is 37.4. The van der Waals surface area contributed by atoms with Gasteiger partial charge in [0.15, 0.2) is 0 Å². The Balaban J connectivity index is 2.23. The van der Waals surface area contributed by atoms with E-state index in [0.717, 1.165) is 22.6 Å². The van der Waals surface area contributed by atoms with Gasteiger partial charge in [0.2, 0.25) is 10.0 Å². The minimum absolute atomic E-state index is 0.0445. The lowest BCUT2D eigenvalue weighted by Crippen LogP contribution is -2.32. The van der Waals surface area contributed by atoms with Crippen LogP contribution in [0.5, 0.6) is 11.5 Å². The molecule has 0 aromatic heterocycles. The molecule has 0 unspecified atom stereocenters. The molecule has 2 aromatic carbocycles. The highest BCUT2D eigenvalue weighted by Gasteiger charge is 2.22. The van der Waals surface area contributed by atoms with Crippen molar-refractivity contribution in [1.82, 2.24) is 4.31 Å². The fourth-order valence-corrected chi connectivity index (χ4v) is 3.90. The Bertz CT molecular complexity index is 749. The van der Waals surface area contributed by atoms with Gasteiger partial charge in [-0.3, -0.25) is 0 Å². The van der Waals surface area contributed by atoms with Crippen LogP contribution in [0.3, 0.4) is 0 Å². The molecule has 0 fully saturated rings. The van der Waals surface area contributed by atoms with Gasteiger partial charge in [-0.05, 0) is 41.8 Å². The molecule has 0 radical (unpaired) electrons. The standard InChI is InChI=1S/C20H25NO4S/c1-4-5-14-26(22,23)21(15-17-6-10-19(24-2)11-7-17)16-18-8-12-20(25-3)13-9-18/h4,6-13H,1,5,14-16H2,2-3H3. The van der Waals surface area contributed by atoms with Gasteiger partial charge in [-0.1, -0.05) is 30.3 Å². The molecular formula is C20H25NO4S. The maximum atomic E-state index is 12.8. The van der Waals surface area contributed by atoms with E-state index in [2.05, 4.69) is 6.58 Å². The Hall–Kier alpha value is -2.31. The van der Waals surface area contributed by atoms with Crippen molar-refractivity contribution in [3.63, 3.8) is 0 Å². The molecule has 0 spiro atoms. The van der Waals surface area contributed by atoms with Crippen molar-refractivity contribution in [2.24, 2.45) is 0 Å². The van der Waals surface area contributed by atoms with E-state index in [1.165, 1.54) is 4.31 Å². The van der Waals surface area contributed by atoms with Crippen LogP contribution < -0.4 is 9.47 Å². The molecule has 2 rings (SSSR count). The third-order valence-electron chi connectivity index (χ3n) is 4.01. The predicted octanol–water partition coefficient (Wildman–Crippen LogP) is 3.61. The highest BCUT2D eigenvalue weighted by molar-refractivity contribution is 7.89. The van der Waals surface area contributed by atoms with E-state index in [0.29, 0.717) is 19.5 Å². The summed E-state index contributed by atoms with van der Waals surface area (Å²) in [5.74, 6) is 1.53. The smallest absolute Gasteiger partial charge is 0.215 e. The Labute approximate surface area is 155 Å². The highest BCUT2D eigenvalue weighted by atomic mass is 32.2. The van der Waals surface area contributed by atoms with Crippen molar-refractivity contribution < 1.29 is 17.9 Å². The average molecular weight is 375 g/mol. The largest absolute Gasteiger partial charge is 0.497 e. The molecule has 0 saturated heterocycles. The number of methoxy groups -OCH3 is 2. The third-order valence-corrected chi connectivity index (χ3v) is 5.81. The molecule has 0 aliphatic heterocycles. The summed E-state index contributed by atoms with van der Waals surface area (Å²) in [4.78, 5) is 0. The normalized spacial score (nSPS) is 11.3. The lowest BCUT2D eigenvalue weighted by atomic mass is 10.2. The number of nitrogens with zero attached hydrogens (tertiary/aromatic N) is 1. The molecule has 0 heterocycles. The van der Waals surface area contributed by atoms with Crippen LogP contribution in [-0.4, -0.2) is 32.7 Å². The first-order chi connectivity index (χ1) is 12.5. The minimum Gasteiger partial charge on any atom is -0.497 e. The van der Waals surface area contributed by atoms with Gasteiger partial charge in [0.1, 0.15) is 11.5 Å². The van der Waals surface area contributed by atoms with E-state index in [-0.39, 0.29) is 5.75 Å². The Morgan fingerprint density at radius 3 is 1.65 bits per heavy atom. The Morgan fingerprint density at radius 1 is 0.885 bits per heavy atom. The van der Waals surface area contributed by atoms with Gasteiger partial charge in [0.05, 0.1) is 20.0 Å². The first-order valence-corrected chi connectivity index (χ1v) is 9.94. The van der Waals surface area contributed by atoms with E-state index in [1.807, 2.05) is 48.5 Å². The lowest BCUT2D eigenvalue weighted by molar-refractivity contribution is 0.397. The van der Waals surface area contributed by atoms with Crippen molar-refractivity contribution >= 4 is 10.0 Å². The number of allylic oxidation sites excluding steroid dienone is 1. The fourth-order valence-electron chi connectivity index (χ4n) is 2.48. The number of benzene rings is 2. The first-order valence-electron chi connectivity index (χ1n) is 8.33. The van der Waals surface area contributed by atoms with Gasteiger partial charge < -0.3 is 9.47 Å². The molecule has 0 amide bonds. The highest BCUT2D eigenvalue weighted by Crippen LogP contribution is 2.19. The van der Waals surface area contributed by atoms with Crippen LogP contribution in [0.25, 0.3) is 0 Å². The monoisotopic (exact) mass is 375 g/mol. The molecule has 5 nitrogen and oxygen atoms in total. The lowest BCUT2D eigenvalue weighted by Gasteiger charge is -2.22. The molecule has 140 valence electrons. The van der Waals surface area contributed by atoms with Crippen molar-refractivity contribution in [1.29, 1.82) is 0 Å². The van der Waals surface area contributed by atoms with Gasteiger partial charge in [-0.15, -0.1) is 6.58 Å². The van der Waals surface area contributed by atoms with Crippen LogP contribution in [-0.2, 0) is 23.1 Å². The van der Waals surface area contributed by atoms with Gasteiger partial charge in [0, 0.05) is 13.1 Å². The van der Waals surface area contributed by atoms with E-state index in [1.54, 1.807) is 20.3 Å². The summed E-state index contributed by atoms with van der Waals surface area (Å²) >= 11 is 0. The van der Waals surface area contributed by atoms with E-state index < -0.39 is 10.0 Å². The summed E-state index contributed by atoms with van der Waals surface area (Å²) in [5.41, 5.74) is 1.81. The number of rotatable bonds is 10. The Kier molecular flexibility index (Phi) is 7.24. The number of hydrogen-bond acceptors (Lipinski definition) is 4. The van der Waals surface area contributed by atoms with Gasteiger partial charge in [-0.25, -0.2) is 8.42 Å². The van der Waals surface area contributed by atoms with Crippen molar-refractivity contribution in [2.45, 2.75) is 19.5 Å². The second-order valence-corrected chi connectivity index (χ2v) is 7.95. The zero-order valence-corrected chi connectivity index (χ0v) is 16.0. The van der Waals surface area contributed by atoms with E-state index in [4.69, 9.17) is 9.47 Å². The Morgan fingerprint density at radius 2 is 1.31 bits per heavy atom. The summed E-state index contributed by atoms with van der Waals surface area (Å²) in [6, 6.07) is 14.8. The molecule has 0 aliphatic rings. The molecule has 0 atom stereocenters. The average Bonchev–Trinajstić information content (AvgIpc) is 2.67. The van der Waals surface area contributed by atoms with E-state index >= 15 is 0 Å². The second-order valence-electron chi connectivity index (χ2n) is 5.86. The fraction of sp³-hybridized carbons (Fsp3) is 0.300. The number of hydrogen-bond donors (Lipinski definition) is 0. The minimum atomic E-state index is -3.41. The first kappa shape index (κ1) is 20.0. The number of sulfonamides is 1. The molecule has 0 saturated carbocycles. The van der Waals surface area contributed by atoms with Crippen LogP contribution >= 0.6 is 0 Å². The summed E-state index contributed by atoms with van der Waals surface area (Å²) in [6.07, 6.45) is 2.04.